The van der Waals surface area contributed by atoms with Gasteiger partial charge < -0.3 is 19.5 Å². The Morgan fingerprint density at radius 3 is 2.70 bits per heavy atom. The zero-order chi connectivity index (χ0) is 21.6. The summed E-state index contributed by atoms with van der Waals surface area (Å²) in [4.78, 5) is 25.8. The van der Waals surface area contributed by atoms with Gasteiger partial charge in [-0.3, -0.25) is 9.59 Å². The van der Waals surface area contributed by atoms with E-state index in [9.17, 15) is 27.0 Å². The van der Waals surface area contributed by atoms with Gasteiger partial charge in [-0.15, -0.1) is 0 Å². The summed E-state index contributed by atoms with van der Waals surface area (Å²) in [6.07, 6.45) is 2.68. The summed E-state index contributed by atoms with van der Waals surface area (Å²) in [6, 6.07) is 0.836. The summed E-state index contributed by atoms with van der Waals surface area (Å²) in [6.45, 7) is 0.464. The van der Waals surface area contributed by atoms with Gasteiger partial charge in [0.05, 0.1) is 6.04 Å². The number of fused-ring (bicyclic) bond motifs is 3. The number of aromatic nitrogens is 1. The fraction of sp³-hybridized carbons (Fsp3) is 0.333. The number of anilines is 1. The summed E-state index contributed by atoms with van der Waals surface area (Å²) in [7, 11) is -0.206. The molecule has 160 valence electrons. The molecule has 1 aromatic carbocycles. The lowest BCUT2D eigenvalue weighted by Gasteiger charge is -2.21. The van der Waals surface area contributed by atoms with E-state index in [0.717, 1.165) is 0 Å². The molecule has 1 fully saturated rings. The Morgan fingerprint density at radius 2 is 2.03 bits per heavy atom. The predicted octanol–water partition coefficient (Wildman–Crippen LogP) is 1.30. The zero-order valence-electron chi connectivity index (χ0n) is 15.7. The third-order valence-electron chi connectivity index (χ3n) is 5.04. The molecule has 2 N–H and O–H groups in total. The van der Waals surface area contributed by atoms with Gasteiger partial charge in [-0.05, 0) is 6.42 Å². The lowest BCUT2D eigenvalue weighted by Crippen LogP contribution is -2.36. The van der Waals surface area contributed by atoms with Crippen molar-refractivity contribution in [3.8, 4) is 5.75 Å². The molecular formula is C18H17F3N4O4S. The second-order valence-corrected chi connectivity index (χ2v) is 8.29. The van der Waals surface area contributed by atoms with E-state index in [1.54, 1.807) is 0 Å². The molecule has 2 aromatic rings. The van der Waals surface area contributed by atoms with Crippen molar-refractivity contribution in [2.75, 3.05) is 18.5 Å². The minimum atomic E-state index is -1.73. The zero-order valence-corrected chi connectivity index (χ0v) is 16.5. The summed E-state index contributed by atoms with van der Waals surface area (Å²) in [5.41, 5.74) is -0.333. The van der Waals surface area contributed by atoms with Gasteiger partial charge in [-0.1, -0.05) is 0 Å². The maximum atomic E-state index is 13.5. The van der Waals surface area contributed by atoms with Crippen LogP contribution in [0.4, 0.5) is 18.9 Å². The Kier molecular flexibility index (Phi) is 5.28. The Labute approximate surface area is 171 Å². The Balaban J connectivity index is 1.67. The smallest absolute Gasteiger partial charge is 0.276 e. The number of hydrogen-bond acceptors (Lipinski definition) is 4. The van der Waals surface area contributed by atoms with Crippen molar-refractivity contribution in [1.82, 2.24) is 14.2 Å². The largest absolute Gasteiger partial charge is 0.488 e. The molecule has 2 amide bonds. The summed E-state index contributed by atoms with van der Waals surface area (Å²) in [5, 5.41) is 2.29. The first-order valence-electron chi connectivity index (χ1n) is 8.95. The first-order chi connectivity index (χ1) is 14.3. The van der Waals surface area contributed by atoms with E-state index >= 15 is 0 Å². The van der Waals surface area contributed by atoms with Gasteiger partial charge in [0.1, 0.15) is 22.5 Å². The quantitative estimate of drug-likeness (QED) is 0.554. The number of aryl methyl sites for hydroxylation is 1. The molecule has 2 bridgehead atoms. The molecule has 3 unspecified atom stereocenters. The van der Waals surface area contributed by atoms with Gasteiger partial charge in [0.2, 0.25) is 6.41 Å². The lowest BCUT2D eigenvalue weighted by atomic mass is 10.2. The number of hydrogen-bond donors (Lipinski definition) is 2. The SMILES string of the molecule is Cn1cc2c(c1C(=O)Nc1cc(F)c(F)c(F)c1)OCC1CC(CN1C=O)NS2=O. The minimum Gasteiger partial charge on any atom is -0.488 e. The van der Waals surface area contributed by atoms with E-state index < -0.39 is 34.3 Å². The Bertz CT molecular complexity index is 1040. The van der Waals surface area contributed by atoms with Crippen LogP contribution < -0.4 is 14.8 Å². The van der Waals surface area contributed by atoms with E-state index in [0.29, 0.717) is 31.5 Å². The molecule has 12 heteroatoms. The van der Waals surface area contributed by atoms with Crippen molar-refractivity contribution >= 4 is 29.0 Å². The van der Waals surface area contributed by atoms with Crippen molar-refractivity contribution in [3.05, 3.63) is 41.5 Å². The number of carbonyl (C=O) groups is 2. The number of benzene rings is 1. The number of rotatable bonds is 3. The van der Waals surface area contributed by atoms with Crippen LogP contribution in [0, 0.1) is 17.5 Å². The fourth-order valence-electron chi connectivity index (χ4n) is 3.64. The molecule has 30 heavy (non-hydrogen) atoms. The van der Waals surface area contributed by atoms with Crippen LogP contribution in [0.25, 0.3) is 0 Å². The van der Waals surface area contributed by atoms with Crippen molar-refractivity contribution in [2.24, 2.45) is 7.05 Å². The molecule has 2 aliphatic heterocycles. The van der Waals surface area contributed by atoms with Gasteiger partial charge in [-0.25, -0.2) is 22.1 Å². The predicted molar refractivity (Wildman–Crippen MR) is 99.7 cm³/mol. The van der Waals surface area contributed by atoms with Crippen molar-refractivity contribution in [2.45, 2.75) is 23.4 Å². The molecular weight excluding hydrogens is 425 g/mol. The van der Waals surface area contributed by atoms with Crippen LogP contribution in [0.1, 0.15) is 16.9 Å². The van der Waals surface area contributed by atoms with E-state index in [-0.39, 0.29) is 40.7 Å². The van der Waals surface area contributed by atoms with Crippen molar-refractivity contribution in [3.63, 3.8) is 0 Å². The monoisotopic (exact) mass is 442 g/mol. The first-order valence-corrected chi connectivity index (χ1v) is 10.1. The summed E-state index contributed by atoms with van der Waals surface area (Å²) >= 11 is 0. The van der Waals surface area contributed by atoms with Gasteiger partial charge >= 0.3 is 0 Å². The minimum absolute atomic E-state index is 0.0299. The highest BCUT2D eigenvalue weighted by atomic mass is 32.2. The molecule has 3 atom stereocenters. The maximum Gasteiger partial charge on any atom is 0.276 e. The lowest BCUT2D eigenvalue weighted by molar-refractivity contribution is -0.119. The topological polar surface area (TPSA) is 92.7 Å². The third kappa shape index (κ3) is 3.56. The highest BCUT2D eigenvalue weighted by Crippen LogP contribution is 2.32. The standard InChI is InChI=1S/C18H17F3N4O4S/c1-24-6-14-17(29-7-11-2-10(23-30(14)28)5-25(11)8-26)16(24)18(27)22-9-3-12(19)15(21)13(20)4-9/h3-4,6,8,10-11,23H,2,5,7H2,1H3,(H,22,27). The van der Waals surface area contributed by atoms with Crippen LogP contribution in [0.2, 0.25) is 0 Å². The number of carbonyl (C=O) groups excluding carboxylic acids is 2. The van der Waals surface area contributed by atoms with Crippen LogP contribution in [0.15, 0.2) is 23.2 Å². The molecule has 2 aliphatic rings. The number of nitrogens with one attached hydrogen (secondary N) is 2. The van der Waals surface area contributed by atoms with E-state index in [2.05, 4.69) is 10.0 Å². The number of halogens is 3. The van der Waals surface area contributed by atoms with E-state index in [1.165, 1.54) is 22.7 Å². The number of amides is 2. The highest BCUT2D eigenvalue weighted by molar-refractivity contribution is 7.83. The molecule has 0 radical (unpaired) electrons. The van der Waals surface area contributed by atoms with Crippen LogP contribution in [0.3, 0.4) is 0 Å². The second-order valence-electron chi connectivity index (χ2n) is 7.08. The molecule has 4 rings (SSSR count). The Morgan fingerprint density at radius 1 is 1.33 bits per heavy atom. The first kappa shape index (κ1) is 20.4. The molecule has 0 aliphatic carbocycles. The molecule has 3 heterocycles. The Hall–Kier alpha value is -2.86. The van der Waals surface area contributed by atoms with Crippen LogP contribution in [-0.2, 0) is 22.8 Å². The summed E-state index contributed by atoms with van der Waals surface area (Å²) < 4.78 is 63.0. The number of nitrogens with zero attached hydrogens (tertiary/aromatic N) is 2. The van der Waals surface area contributed by atoms with Crippen LogP contribution in [0.5, 0.6) is 5.75 Å². The molecule has 8 nitrogen and oxygen atoms in total. The number of likely N-dealkylation sites (tertiary alicyclic amines) is 1. The highest BCUT2D eigenvalue weighted by Gasteiger charge is 2.36. The van der Waals surface area contributed by atoms with Gasteiger partial charge in [-0.2, -0.15) is 0 Å². The molecule has 1 aromatic heterocycles. The molecule has 0 spiro atoms. The maximum absolute atomic E-state index is 13.5. The fourth-order valence-corrected chi connectivity index (χ4v) is 4.82. The van der Waals surface area contributed by atoms with E-state index in [1.807, 2.05) is 0 Å². The van der Waals surface area contributed by atoms with Gasteiger partial charge in [0.15, 0.2) is 28.9 Å². The molecule has 1 saturated heterocycles. The van der Waals surface area contributed by atoms with Gasteiger partial charge in [0.25, 0.3) is 5.91 Å². The van der Waals surface area contributed by atoms with Crippen LogP contribution in [-0.4, -0.2) is 51.2 Å². The third-order valence-corrected chi connectivity index (χ3v) is 6.28. The van der Waals surface area contributed by atoms with Crippen molar-refractivity contribution in [1.29, 1.82) is 0 Å². The van der Waals surface area contributed by atoms with E-state index in [4.69, 9.17) is 4.74 Å². The average molecular weight is 442 g/mol. The van der Waals surface area contributed by atoms with Crippen LogP contribution >= 0.6 is 0 Å². The average Bonchev–Trinajstić information content (AvgIpc) is 3.24. The molecule has 0 saturated carbocycles. The summed E-state index contributed by atoms with van der Waals surface area (Å²) in [5.74, 6) is -5.31. The second kappa shape index (κ2) is 7.76. The van der Waals surface area contributed by atoms with Gasteiger partial charge in [0, 0.05) is 43.7 Å². The van der Waals surface area contributed by atoms with Crippen molar-refractivity contribution < 1.29 is 31.7 Å². The number of ether oxygens (including phenoxy) is 1. The normalized spacial score (nSPS) is 23.1.